The Balaban J connectivity index is 1.87. The molecule has 2 heterocycles. The molecule has 0 fully saturated rings. The number of carbonyl (C=O) groups excluding carboxylic acids is 1. The molecule has 2 N–H and O–H groups in total. The highest BCUT2D eigenvalue weighted by atomic mass is 32.2. The number of carbonyl (C=O) groups is 1. The third-order valence-corrected chi connectivity index (χ3v) is 3.98. The number of aromatic nitrogens is 3. The van der Waals surface area contributed by atoms with Gasteiger partial charge in [0.15, 0.2) is 5.16 Å². The molecule has 0 saturated heterocycles. The van der Waals surface area contributed by atoms with Crippen molar-refractivity contribution in [2.24, 2.45) is 0 Å². The van der Waals surface area contributed by atoms with E-state index in [1.165, 1.54) is 11.8 Å². The van der Waals surface area contributed by atoms with Crippen LogP contribution in [0.5, 0.6) is 0 Å². The summed E-state index contributed by atoms with van der Waals surface area (Å²) >= 11 is 1.22. The lowest BCUT2D eigenvalue weighted by atomic mass is 10.2. The molecule has 6 nitrogen and oxygen atoms in total. The lowest BCUT2D eigenvalue weighted by Gasteiger charge is -2.06. The van der Waals surface area contributed by atoms with Crippen LogP contribution in [0, 0.1) is 6.92 Å². The van der Waals surface area contributed by atoms with Crippen LogP contribution in [-0.4, -0.2) is 26.6 Å². The number of amides is 1. The van der Waals surface area contributed by atoms with E-state index in [0.29, 0.717) is 29.4 Å². The van der Waals surface area contributed by atoms with Gasteiger partial charge in [0.25, 0.3) is 5.56 Å². The number of aryl methyl sites for hydroxylation is 1. The number of H-pyrrole nitrogens is 1. The normalized spacial score (nSPS) is 10.5. The number of hydrogen-bond donors (Lipinski definition) is 2. The van der Waals surface area contributed by atoms with Gasteiger partial charge in [-0.3, -0.25) is 14.6 Å². The molecule has 0 aliphatic heterocycles. The maximum absolute atomic E-state index is 11.8. The maximum atomic E-state index is 11.8. The number of thioether (sulfide) groups is 1. The number of pyridine rings is 1. The van der Waals surface area contributed by atoms with E-state index < -0.39 is 0 Å². The van der Waals surface area contributed by atoms with E-state index in [1.807, 2.05) is 19.1 Å². The number of aromatic amines is 1. The summed E-state index contributed by atoms with van der Waals surface area (Å²) in [4.78, 5) is 34.6. The highest BCUT2D eigenvalue weighted by Gasteiger charge is 2.09. The van der Waals surface area contributed by atoms with Gasteiger partial charge in [-0.2, -0.15) is 0 Å². The van der Waals surface area contributed by atoms with E-state index >= 15 is 0 Å². The van der Waals surface area contributed by atoms with Gasteiger partial charge in [-0.15, -0.1) is 0 Å². The molecule has 2 aromatic heterocycles. The molecule has 0 radical (unpaired) electrons. The van der Waals surface area contributed by atoms with Crippen molar-refractivity contribution in [3.8, 4) is 0 Å². The molecule has 7 heteroatoms. The average molecular weight is 318 g/mol. The molecule has 0 atom stereocenters. The third-order valence-electron chi connectivity index (χ3n) is 3.11. The summed E-state index contributed by atoms with van der Waals surface area (Å²) in [7, 11) is 0. The summed E-state index contributed by atoms with van der Waals surface area (Å²) < 4.78 is 0. The molecule has 1 amide bonds. The quantitative estimate of drug-likeness (QED) is 0.621. The number of rotatable bonds is 6. The van der Waals surface area contributed by atoms with Gasteiger partial charge >= 0.3 is 0 Å². The van der Waals surface area contributed by atoms with Crippen molar-refractivity contribution in [3.05, 3.63) is 51.7 Å². The number of hydrogen-bond acceptors (Lipinski definition) is 5. The molecular weight excluding hydrogens is 300 g/mol. The maximum Gasteiger partial charge on any atom is 0.254 e. The fourth-order valence-corrected chi connectivity index (χ4v) is 2.69. The average Bonchev–Trinajstić information content (AvgIpc) is 2.52. The van der Waals surface area contributed by atoms with E-state index in [0.717, 1.165) is 5.56 Å². The summed E-state index contributed by atoms with van der Waals surface area (Å²) in [6, 6.07) is 3.72. The lowest BCUT2D eigenvalue weighted by molar-refractivity contribution is -0.118. The fraction of sp³-hybridized carbons (Fsp3) is 0.333. The lowest BCUT2D eigenvalue weighted by Crippen LogP contribution is -2.25. The SMILES string of the molecule is CCc1c(C)nc(SCC(=O)NCc2cccnc2)[nH]c1=O. The van der Waals surface area contributed by atoms with Gasteiger partial charge in [0.1, 0.15) is 0 Å². The molecular formula is C15H18N4O2S. The summed E-state index contributed by atoms with van der Waals surface area (Å²) in [6.45, 7) is 4.16. The second-order valence-electron chi connectivity index (χ2n) is 4.72. The molecule has 0 saturated carbocycles. The molecule has 2 rings (SSSR count). The van der Waals surface area contributed by atoms with Crippen molar-refractivity contribution >= 4 is 17.7 Å². The third kappa shape index (κ3) is 4.42. The fourth-order valence-electron chi connectivity index (χ4n) is 1.96. The molecule has 2 aromatic rings. The van der Waals surface area contributed by atoms with Gasteiger partial charge in [0.2, 0.25) is 5.91 Å². The molecule has 0 bridgehead atoms. The second kappa shape index (κ2) is 7.74. The van der Waals surface area contributed by atoms with Gasteiger partial charge in [-0.1, -0.05) is 24.8 Å². The van der Waals surface area contributed by atoms with Gasteiger partial charge in [-0.05, 0) is 25.0 Å². The Kier molecular flexibility index (Phi) is 5.71. The highest BCUT2D eigenvalue weighted by Crippen LogP contribution is 2.12. The molecule has 0 spiro atoms. The first-order valence-corrected chi connectivity index (χ1v) is 7.97. The number of nitrogens with one attached hydrogen (secondary N) is 2. The van der Waals surface area contributed by atoms with Crippen molar-refractivity contribution in [1.29, 1.82) is 0 Å². The second-order valence-corrected chi connectivity index (χ2v) is 5.68. The highest BCUT2D eigenvalue weighted by molar-refractivity contribution is 7.99. The van der Waals surface area contributed by atoms with Crippen LogP contribution in [0.3, 0.4) is 0 Å². The van der Waals surface area contributed by atoms with E-state index in [4.69, 9.17) is 0 Å². The smallest absolute Gasteiger partial charge is 0.254 e. The number of nitrogens with zero attached hydrogens (tertiary/aromatic N) is 2. The zero-order chi connectivity index (χ0) is 15.9. The first-order chi connectivity index (χ1) is 10.6. The Labute approximate surface area is 132 Å². The summed E-state index contributed by atoms with van der Waals surface area (Å²) in [5, 5.41) is 3.27. The largest absolute Gasteiger partial charge is 0.351 e. The minimum Gasteiger partial charge on any atom is -0.351 e. The molecule has 0 aliphatic carbocycles. The summed E-state index contributed by atoms with van der Waals surface area (Å²) in [5.74, 6) is 0.0856. The van der Waals surface area contributed by atoms with Gasteiger partial charge in [0, 0.05) is 30.2 Å². The Morgan fingerprint density at radius 1 is 1.45 bits per heavy atom. The first-order valence-electron chi connectivity index (χ1n) is 6.98. The molecule has 22 heavy (non-hydrogen) atoms. The standard InChI is InChI=1S/C15H18N4O2S/c1-3-12-10(2)18-15(19-14(12)21)22-9-13(20)17-8-11-5-4-6-16-7-11/h4-7H,3,8-9H2,1-2H3,(H,17,20)(H,18,19,21). The molecule has 116 valence electrons. The Morgan fingerprint density at radius 3 is 2.91 bits per heavy atom. The van der Waals surface area contributed by atoms with E-state index in [-0.39, 0.29) is 17.2 Å². The van der Waals surface area contributed by atoms with Crippen molar-refractivity contribution in [3.63, 3.8) is 0 Å². The minimum absolute atomic E-state index is 0.117. The van der Waals surface area contributed by atoms with Crippen LogP contribution in [0.1, 0.15) is 23.7 Å². The van der Waals surface area contributed by atoms with E-state index in [2.05, 4.69) is 20.3 Å². The summed E-state index contributed by atoms with van der Waals surface area (Å²) in [5.41, 5.74) is 2.21. The van der Waals surface area contributed by atoms with Crippen molar-refractivity contribution in [2.75, 3.05) is 5.75 Å². The van der Waals surface area contributed by atoms with E-state index in [9.17, 15) is 9.59 Å². The van der Waals surface area contributed by atoms with Crippen LogP contribution in [0.15, 0.2) is 34.5 Å². The Bertz CT molecular complexity index is 700. The van der Waals surface area contributed by atoms with Gasteiger partial charge < -0.3 is 10.3 Å². The van der Waals surface area contributed by atoms with Crippen LogP contribution in [-0.2, 0) is 17.8 Å². The predicted octanol–water partition coefficient (Wildman–Crippen LogP) is 1.44. The molecule has 0 unspecified atom stereocenters. The van der Waals surface area contributed by atoms with Crippen molar-refractivity contribution in [2.45, 2.75) is 32.0 Å². The first kappa shape index (κ1) is 16.2. The zero-order valence-corrected chi connectivity index (χ0v) is 13.4. The van der Waals surface area contributed by atoms with Crippen LogP contribution in [0.2, 0.25) is 0 Å². The minimum atomic E-state index is -0.131. The van der Waals surface area contributed by atoms with Crippen LogP contribution in [0.4, 0.5) is 0 Å². The predicted molar refractivity (Wildman–Crippen MR) is 85.8 cm³/mol. The van der Waals surface area contributed by atoms with Gasteiger partial charge in [-0.25, -0.2) is 4.98 Å². The van der Waals surface area contributed by atoms with Crippen LogP contribution >= 0.6 is 11.8 Å². The van der Waals surface area contributed by atoms with Gasteiger partial charge in [0.05, 0.1) is 5.75 Å². The molecule has 0 aliphatic rings. The zero-order valence-electron chi connectivity index (χ0n) is 12.5. The molecule has 0 aromatic carbocycles. The van der Waals surface area contributed by atoms with Crippen molar-refractivity contribution in [1.82, 2.24) is 20.3 Å². The van der Waals surface area contributed by atoms with Crippen LogP contribution < -0.4 is 10.9 Å². The monoisotopic (exact) mass is 318 g/mol. The van der Waals surface area contributed by atoms with Crippen molar-refractivity contribution < 1.29 is 4.79 Å². The van der Waals surface area contributed by atoms with E-state index in [1.54, 1.807) is 19.3 Å². The Morgan fingerprint density at radius 2 is 2.27 bits per heavy atom. The topological polar surface area (TPSA) is 87.7 Å². The summed E-state index contributed by atoms with van der Waals surface area (Å²) in [6.07, 6.45) is 4.04. The Hall–Kier alpha value is -2.15. The van der Waals surface area contributed by atoms with Crippen LogP contribution in [0.25, 0.3) is 0 Å².